The largest absolute Gasteiger partial charge is 0.489 e. The molecule has 0 spiro atoms. The summed E-state index contributed by atoms with van der Waals surface area (Å²) in [5, 5.41) is 8.66. The molecule has 6 nitrogen and oxygen atoms in total. The van der Waals surface area contributed by atoms with Gasteiger partial charge in [-0.3, -0.25) is 9.59 Å². The van der Waals surface area contributed by atoms with Crippen molar-refractivity contribution in [2.45, 2.75) is 6.61 Å². The van der Waals surface area contributed by atoms with Gasteiger partial charge >= 0.3 is 0 Å². The zero-order chi connectivity index (χ0) is 22.9. The monoisotopic (exact) mass is 455 g/mol. The van der Waals surface area contributed by atoms with Crippen molar-refractivity contribution < 1.29 is 14.3 Å². The van der Waals surface area contributed by atoms with Gasteiger partial charge in [-0.05, 0) is 46.8 Å². The fraction of sp³-hybridized carbons (Fsp3) is 0.0385. The third-order valence-corrected chi connectivity index (χ3v) is 5.52. The third kappa shape index (κ3) is 6.15. The summed E-state index contributed by atoms with van der Waals surface area (Å²) in [6, 6.07) is 27.7. The number of nitrogens with one attached hydrogen (secondary N) is 2. The molecule has 164 valence electrons. The van der Waals surface area contributed by atoms with E-state index in [4.69, 9.17) is 4.74 Å². The van der Waals surface area contributed by atoms with Gasteiger partial charge < -0.3 is 10.1 Å². The smallest absolute Gasteiger partial charge is 0.273 e. The van der Waals surface area contributed by atoms with E-state index in [1.807, 2.05) is 60.0 Å². The molecular weight excluding hydrogens is 434 g/mol. The molecule has 0 unspecified atom stereocenters. The van der Waals surface area contributed by atoms with Crippen molar-refractivity contribution in [3.05, 3.63) is 118 Å². The van der Waals surface area contributed by atoms with Crippen LogP contribution in [0.4, 0.5) is 5.69 Å². The van der Waals surface area contributed by atoms with E-state index in [0.29, 0.717) is 28.5 Å². The molecule has 1 aromatic heterocycles. The SMILES string of the molecule is O=C(Nc1ccccc1C(=O)N/N=C/c1cccc(OCc2ccccc2)c1)c1cccs1. The third-order valence-electron chi connectivity index (χ3n) is 4.65. The van der Waals surface area contributed by atoms with E-state index in [1.165, 1.54) is 11.3 Å². The molecule has 0 aliphatic carbocycles. The number of nitrogens with zero attached hydrogens (tertiary/aromatic N) is 1. The summed E-state index contributed by atoms with van der Waals surface area (Å²) in [5.41, 5.74) is 5.11. The number of ether oxygens (including phenoxy) is 1. The van der Waals surface area contributed by atoms with E-state index < -0.39 is 5.91 Å². The van der Waals surface area contributed by atoms with Crippen molar-refractivity contribution in [3.63, 3.8) is 0 Å². The lowest BCUT2D eigenvalue weighted by Gasteiger charge is -2.09. The Kier molecular flexibility index (Phi) is 7.25. The number of rotatable bonds is 8. The zero-order valence-corrected chi connectivity index (χ0v) is 18.4. The predicted octanol–water partition coefficient (Wildman–Crippen LogP) is 5.34. The summed E-state index contributed by atoms with van der Waals surface area (Å²) in [5.74, 6) is 0.0154. The van der Waals surface area contributed by atoms with Crippen LogP contribution in [0.15, 0.2) is 101 Å². The molecule has 33 heavy (non-hydrogen) atoms. The lowest BCUT2D eigenvalue weighted by atomic mass is 10.1. The van der Waals surface area contributed by atoms with Gasteiger partial charge in [-0.15, -0.1) is 11.3 Å². The van der Waals surface area contributed by atoms with E-state index in [0.717, 1.165) is 11.1 Å². The molecule has 4 rings (SSSR count). The first-order chi connectivity index (χ1) is 16.2. The molecule has 7 heteroatoms. The highest BCUT2D eigenvalue weighted by atomic mass is 32.1. The molecule has 0 bridgehead atoms. The molecule has 2 N–H and O–H groups in total. The van der Waals surface area contributed by atoms with Gasteiger partial charge in [0.15, 0.2) is 0 Å². The molecule has 0 radical (unpaired) electrons. The number of carbonyl (C=O) groups excluding carboxylic acids is 2. The van der Waals surface area contributed by atoms with Crippen LogP contribution in [0.2, 0.25) is 0 Å². The van der Waals surface area contributed by atoms with Gasteiger partial charge in [0.05, 0.1) is 22.3 Å². The number of hydrogen-bond donors (Lipinski definition) is 2. The van der Waals surface area contributed by atoms with Crippen molar-refractivity contribution in [3.8, 4) is 5.75 Å². The summed E-state index contributed by atoms with van der Waals surface area (Å²) in [6.07, 6.45) is 1.54. The fourth-order valence-electron chi connectivity index (χ4n) is 3.03. The molecule has 0 fully saturated rings. The van der Waals surface area contributed by atoms with Crippen LogP contribution in [0.5, 0.6) is 5.75 Å². The van der Waals surface area contributed by atoms with Crippen molar-refractivity contribution >= 4 is 35.1 Å². The lowest BCUT2D eigenvalue weighted by molar-refractivity contribution is 0.0956. The summed E-state index contributed by atoms with van der Waals surface area (Å²) in [6.45, 7) is 0.464. The quantitative estimate of drug-likeness (QED) is 0.278. The van der Waals surface area contributed by atoms with Gasteiger partial charge in [0, 0.05) is 0 Å². The van der Waals surface area contributed by atoms with E-state index in [2.05, 4.69) is 15.8 Å². The average molecular weight is 456 g/mol. The normalized spacial score (nSPS) is 10.7. The molecule has 0 saturated heterocycles. The van der Waals surface area contributed by atoms with E-state index in [-0.39, 0.29) is 5.91 Å². The van der Waals surface area contributed by atoms with Crippen molar-refractivity contribution in [2.24, 2.45) is 5.10 Å². The Bertz CT molecular complexity index is 1250. The van der Waals surface area contributed by atoms with Crippen molar-refractivity contribution in [2.75, 3.05) is 5.32 Å². The predicted molar refractivity (Wildman–Crippen MR) is 131 cm³/mol. The Hall–Kier alpha value is -4.23. The number of hydrazone groups is 1. The second kappa shape index (κ2) is 10.9. The van der Waals surface area contributed by atoms with Crippen LogP contribution in [-0.2, 0) is 6.61 Å². The first-order valence-corrected chi connectivity index (χ1v) is 11.1. The topological polar surface area (TPSA) is 79.8 Å². The van der Waals surface area contributed by atoms with Crippen LogP contribution in [0, 0.1) is 0 Å². The fourth-order valence-corrected chi connectivity index (χ4v) is 3.65. The van der Waals surface area contributed by atoms with Gasteiger partial charge in [-0.25, -0.2) is 5.43 Å². The van der Waals surface area contributed by atoms with E-state index >= 15 is 0 Å². The van der Waals surface area contributed by atoms with Gasteiger partial charge in [0.2, 0.25) is 0 Å². The number of amides is 2. The average Bonchev–Trinajstić information content (AvgIpc) is 3.39. The Labute approximate surface area is 195 Å². The van der Waals surface area contributed by atoms with Crippen LogP contribution in [0.1, 0.15) is 31.2 Å². The second-order valence-corrected chi connectivity index (χ2v) is 7.97. The van der Waals surface area contributed by atoms with Gasteiger partial charge in [0.25, 0.3) is 11.8 Å². The van der Waals surface area contributed by atoms with Crippen LogP contribution < -0.4 is 15.5 Å². The molecule has 0 aliphatic heterocycles. The highest BCUT2D eigenvalue weighted by Crippen LogP contribution is 2.18. The number of para-hydroxylation sites is 1. The summed E-state index contributed by atoms with van der Waals surface area (Å²) in [7, 11) is 0. The number of thiophene rings is 1. The maximum atomic E-state index is 12.7. The van der Waals surface area contributed by atoms with Crippen LogP contribution >= 0.6 is 11.3 Å². The Morgan fingerprint density at radius 2 is 1.70 bits per heavy atom. The minimum Gasteiger partial charge on any atom is -0.489 e. The number of carbonyl (C=O) groups is 2. The molecule has 1 heterocycles. The van der Waals surface area contributed by atoms with Crippen LogP contribution in [-0.4, -0.2) is 18.0 Å². The maximum Gasteiger partial charge on any atom is 0.273 e. The number of anilines is 1. The molecule has 0 atom stereocenters. The molecule has 0 saturated carbocycles. The minimum atomic E-state index is -0.426. The molecule has 4 aromatic rings. The van der Waals surface area contributed by atoms with E-state index in [1.54, 1.807) is 42.6 Å². The Morgan fingerprint density at radius 3 is 2.52 bits per heavy atom. The second-order valence-electron chi connectivity index (χ2n) is 7.02. The highest BCUT2D eigenvalue weighted by molar-refractivity contribution is 7.12. The van der Waals surface area contributed by atoms with Gasteiger partial charge in [-0.2, -0.15) is 5.10 Å². The highest BCUT2D eigenvalue weighted by Gasteiger charge is 2.14. The Balaban J connectivity index is 1.37. The van der Waals surface area contributed by atoms with Gasteiger partial charge in [-0.1, -0.05) is 60.7 Å². The van der Waals surface area contributed by atoms with E-state index in [9.17, 15) is 9.59 Å². The summed E-state index contributed by atoms with van der Waals surface area (Å²) < 4.78 is 5.82. The first-order valence-electron chi connectivity index (χ1n) is 10.2. The van der Waals surface area contributed by atoms with Crippen molar-refractivity contribution in [1.82, 2.24) is 5.43 Å². The lowest BCUT2D eigenvalue weighted by Crippen LogP contribution is -2.21. The molecular formula is C26H21N3O3S. The maximum absolute atomic E-state index is 12.7. The number of hydrogen-bond acceptors (Lipinski definition) is 5. The minimum absolute atomic E-state index is 0.263. The van der Waals surface area contributed by atoms with Crippen LogP contribution in [0.25, 0.3) is 0 Å². The Morgan fingerprint density at radius 1 is 0.879 bits per heavy atom. The molecule has 0 aliphatic rings. The zero-order valence-electron chi connectivity index (χ0n) is 17.6. The van der Waals surface area contributed by atoms with Crippen LogP contribution in [0.3, 0.4) is 0 Å². The van der Waals surface area contributed by atoms with Gasteiger partial charge in [0.1, 0.15) is 12.4 Å². The van der Waals surface area contributed by atoms with Crippen molar-refractivity contribution in [1.29, 1.82) is 0 Å². The molecule has 3 aromatic carbocycles. The summed E-state index contributed by atoms with van der Waals surface area (Å²) >= 11 is 1.33. The first kappa shape index (κ1) is 22.0. The standard InChI is InChI=1S/C26H21N3O3S/c30-25(22-12-4-5-13-23(22)28-26(31)24-14-7-15-33-24)29-27-17-20-10-6-11-21(16-20)32-18-19-8-2-1-3-9-19/h1-17H,18H2,(H,28,31)(H,29,30)/b27-17+. The summed E-state index contributed by atoms with van der Waals surface area (Å²) in [4.78, 5) is 25.6. The number of benzene rings is 3. The molecule has 2 amide bonds.